The fraction of sp³-hybridized carbons (Fsp3) is 0.417. The van der Waals surface area contributed by atoms with Crippen LogP contribution < -0.4 is 4.74 Å². The molecule has 3 heteroatoms. The van der Waals surface area contributed by atoms with Gasteiger partial charge in [0.15, 0.2) is 0 Å². The summed E-state index contributed by atoms with van der Waals surface area (Å²) in [5.41, 5.74) is 0.467. The highest BCUT2D eigenvalue weighted by atomic mass is 16.5. The Morgan fingerprint density at radius 1 is 1.47 bits per heavy atom. The second-order valence-corrected chi connectivity index (χ2v) is 4.07. The average molecular weight is 206 g/mol. The highest BCUT2D eigenvalue weighted by molar-refractivity contribution is 5.78. The molecule has 1 fully saturated rings. The van der Waals surface area contributed by atoms with E-state index in [9.17, 15) is 4.79 Å². The van der Waals surface area contributed by atoms with Crippen molar-refractivity contribution in [1.82, 2.24) is 0 Å². The zero-order valence-corrected chi connectivity index (χ0v) is 8.69. The normalized spacial score (nSPS) is 17.1. The maximum absolute atomic E-state index is 11.0. The van der Waals surface area contributed by atoms with Crippen LogP contribution in [0.25, 0.3) is 0 Å². The van der Waals surface area contributed by atoms with Gasteiger partial charge in [0, 0.05) is 0 Å². The quantitative estimate of drug-likeness (QED) is 0.820. The van der Waals surface area contributed by atoms with E-state index >= 15 is 0 Å². The van der Waals surface area contributed by atoms with E-state index in [0.29, 0.717) is 6.42 Å². The molecule has 0 bridgehead atoms. The van der Waals surface area contributed by atoms with Gasteiger partial charge in [0.25, 0.3) is 0 Å². The molecule has 0 atom stereocenters. The summed E-state index contributed by atoms with van der Waals surface area (Å²) >= 11 is 0. The van der Waals surface area contributed by atoms with Crippen molar-refractivity contribution in [3.8, 4) is 5.75 Å². The molecule has 0 saturated heterocycles. The smallest absolute Gasteiger partial charge is 0.309 e. The number of methoxy groups -OCH3 is 1. The molecular weight excluding hydrogens is 192 g/mol. The van der Waals surface area contributed by atoms with E-state index in [1.165, 1.54) is 0 Å². The van der Waals surface area contributed by atoms with Crippen molar-refractivity contribution in [1.29, 1.82) is 0 Å². The van der Waals surface area contributed by atoms with E-state index in [1.807, 2.05) is 24.3 Å². The molecule has 1 aromatic carbocycles. The van der Waals surface area contributed by atoms with Crippen molar-refractivity contribution in [3.05, 3.63) is 29.8 Å². The van der Waals surface area contributed by atoms with Gasteiger partial charge in [-0.1, -0.05) is 18.2 Å². The number of ether oxygens (including phenoxy) is 1. The Labute approximate surface area is 88.7 Å². The second-order valence-electron chi connectivity index (χ2n) is 4.07. The van der Waals surface area contributed by atoms with Gasteiger partial charge in [-0.2, -0.15) is 0 Å². The summed E-state index contributed by atoms with van der Waals surface area (Å²) in [6, 6.07) is 7.60. The molecule has 0 radical (unpaired) electrons. The lowest BCUT2D eigenvalue weighted by Gasteiger charge is -2.12. The number of hydrogen-bond acceptors (Lipinski definition) is 2. The lowest BCUT2D eigenvalue weighted by atomic mass is 9.96. The largest absolute Gasteiger partial charge is 0.496 e. The summed E-state index contributed by atoms with van der Waals surface area (Å²) in [4.78, 5) is 11.0. The van der Waals surface area contributed by atoms with Gasteiger partial charge >= 0.3 is 5.97 Å². The van der Waals surface area contributed by atoms with Crippen LogP contribution in [-0.4, -0.2) is 18.2 Å². The minimum absolute atomic E-state index is 0.519. The third-order valence-electron chi connectivity index (χ3n) is 3.03. The first-order valence-electron chi connectivity index (χ1n) is 5.03. The fourth-order valence-corrected chi connectivity index (χ4v) is 1.83. The number of hydrogen-bond donors (Lipinski definition) is 1. The maximum Gasteiger partial charge on any atom is 0.309 e. The van der Waals surface area contributed by atoms with Crippen LogP contribution in [0.15, 0.2) is 24.3 Å². The Balaban J connectivity index is 2.21. The number of carboxylic acid groups (broad SMARTS) is 1. The van der Waals surface area contributed by atoms with Crippen LogP contribution in [0, 0.1) is 5.41 Å². The van der Waals surface area contributed by atoms with Gasteiger partial charge in [-0.05, 0) is 30.9 Å². The first-order valence-corrected chi connectivity index (χ1v) is 5.03. The van der Waals surface area contributed by atoms with Gasteiger partial charge in [0.1, 0.15) is 5.75 Å². The SMILES string of the molecule is COc1ccccc1CC1(C(=O)O)CC1. The van der Waals surface area contributed by atoms with Gasteiger partial charge in [-0.15, -0.1) is 0 Å². The van der Waals surface area contributed by atoms with Crippen LogP contribution in [-0.2, 0) is 11.2 Å². The van der Waals surface area contributed by atoms with Gasteiger partial charge in [-0.3, -0.25) is 4.79 Å². The molecular formula is C12H14O3. The van der Waals surface area contributed by atoms with Gasteiger partial charge in [0.05, 0.1) is 12.5 Å². The number of para-hydroxylation sites is 1. The summed E-state index contributed by atoms with van der Waals surface area (Å²) in [5, 5.41) is 9.09. The highest BCUT2D eigenvalue weighted by Gasteiger charge is 2.50. The number of carboxylic acids is 1. The van der Waals surface area contributed by atoms with Gasteiger partial charge < -0.3 is 9.84 Å². The molecule has 1 saturated carbocycles. The van der Waals surface area contributed by atoms with E-state index in [1.54, 1.807) is 7.11 Å². The monoisotopic (exact) mass is 206 g/mol. The summed E-state index contributed by atoms with van der Waals surface area (Å²) in [6.07, 6.45) is 2.13. The maximum atomic E-state index is 11.0. The van der Waals surface area contributed by atoms with Crippen LogP contribution in [0.3, 0.4) is 0 Å². The summed E-state index contributed by atoms with van der Waals surface area (Å²) in [5.74, 6) is 0.0958. The number of carbonyl (C=O) groups is 1. The molecule has 80 valence electrons. The Hall–Kier alpha value is -1.51. The first-order chi connectivity index (χ1) is 7.18. The van der Waals surface area contributed by atoms with Gasteiger partial charge in [-0.25, -0.2) is 0 Å². The molecule has 3 nitrogen and oxygen atoms in total. The Morgan fingerprint density at radius 3 is 2.67 bits per heavy atom. The van der Waals surface area contributed by atoms with Crippen molar-refractivity contribution in [3.63, 3.8) is 0 Å². The zero-order chi connectivity index (χ0) is 10.9. The van der Waals surface area contributed by atoms with Crippen LogP contribution in [0.4, 0.5) is 0 Å². The summed E-state index contributed by atoms with van der Waals surface area (Å²) in [6.45, 7) is 0. The molecule has 0 heterocycles. The van der Waals surface area contributed by atoms with E-state index in [2.05, 4.69) is 0 Å². The molecule has 2 rings (SSSR count). The van der Waals surface area contributed by atoms with Crippen molar-refractivity contribution < 1.29 is 14.6 Å². The predicted molar refractivity (Wildman–Crippen MR) is 56.0 cm³/mol. The van der Waals surface area contributed by atoms with Gasteiger partial charge in [0.2, 0.25) is 0 Å². The van der Waals surface area contributed by atoms with Crippen molar-refractivity contribution in [2.75, 3.05) is 7.11 Å². The number of rotatable bonds is 4. The topological polar surface area (TPSA) is 46.5 Å². The number of benzene rings is 1. The van der Waals surface area contributed by atoms with Crippen molar-refractivity contribution >= 4 is 5.97 Å². The van der Waals surface area contributed by atoms with E-state index in [0.717, 1.165) is 24.2 Å². The third-order valence-corrected chi connectivity index (χ3v) is 3.03. The molecule has 1 aliphatic carbocycles. The Morgan fingerprint density at radius 2 is 2.13 bits per heavy atom. The summed E-state index contributed by atoms with van der Waals surface area (Å²) in [7, 11) is 1.61. The zero-order valence-electron chi connectivity index (χ0n) is 8.69. The summed E-state index contributed by atoms with van der Waals surface area (Å²) < 4.78 is 5.21. The first kappa shape index (κ1) is 10.0. The van der Waals surface area contributed by atoms with Crippen LogP contribution in [0.1, 0.15) is 18.4 Å². The standard InChI is InChI=1S/C12H14O3/c1-15-10-5-3-2-4-9(10)8-12(6-7-12)11(13)14/h2-5H,6-8H2,1H3,(H,13,14). The molecule has 15 heavy (non-hydrogen) atoms. The van der Waals surface area contributed by atoms with Crippen LogP contribution >= 0.6 is 0 Å². The Kier molecular flexibility index (Phi) is 2.39. The molecule has 1 aliphatic rings. The van der Waals surface area contributed by atoms with Crippen molar-refractivity contribution in [2.45, 2.75) is 19.3 Å². The molecule has 0 unspecified atom stereocenters. The minimum atomic E-state index is -0.687. The van der Waals surface area contributed by atoms with Crippen molar-refractivity contribution in [2.24, 2.45) is 5.41 Å². The average Bonchev–Trinajstić information content (AvgIpc) is 3.00. The fourth-order valence-electron chi connectivity index (χ4n) is 1.83. The van der Waals surface area contributed by atoms with Crippen LogP contribution in [0.2, 0.25) is 0 Å². The lowest BCUT2D eigenvalue weighted by molar-refractivity contribution is -0.143. The highest BCUT2D eigenvalue weighted by Crippen LogP contribution is 2.49. The lowest BCUT2D eigenvalue weighted by Crippen LogP contribution is -2.17. The molecule has 1 aromatic rings. The molecule has 0 amide bonds. The third kappa shape index (κ3) is 1.82. The Bertz CT molecular complexity index is 380. The molecule has 0 aliphatic heterocycles. The second kappa shape index (κ2) is 3.57. The molecule has 1 N–H and O–H groups in total. The number of aliphatic carboxylic acids is 1. The van der Waals surface area contributed by atoms with E-state index < -0.39 is 11.4 Å². The minimum Gasteiger partial charge on any atom is -0.496 e. The van der Waals surface area contributed by atoms with Crippen LogP contribution in [0.5, 0.6) is 5.75 Å². The molecule has 0 spiro atoms. The van der Waals surface area contributed by atoms with E-state index in [4.69, 9.17) is 9.84 Å². The predicted octanol–water partition coefficient (Wildman–Crippen LogP) is 2.10. The van der Waals surface area contributed by atoms with E-state index in [-0.39, 0.29) is 0 Å². The molecule has 0 aromatic heterocycles.